The Bertz CT molecular complexity index is 502. The van der Waals surface area contributed by atoms with Crippen molar-refractivity contribution in [1.82, 2.24) is 0 Å². The molecule has 0 heterocycles. The van der Waals surface area contributed by atoms with Crippen LogP contribution in [0.25, 0.3) is 0 Å². The van der Waals surface area contributed by atoms with Crippen LogP contribution in [0.1, 0.15) is 31.2 Å². The minimum absolute atomic E-state index is 0.0490. The average Bonchev–Trinajstić information content (AvgIpc) is 2.38. The Hall–Kier alpha value is -1.88. The maximum atomic E-state index is 12.2. The molecule has 0 aromatic heterocycles. The van der Waals surface area contributed by atoms with E-state index in [1.54, 1.807) is 24.3 Å². The van der Waals surface area contributed by atoms with Crippen LogP contribution in [0.5, 0.6) is 0 Å². The van der Waals surface area contributed by atoms with Gasteiger partial charge in [0.05, 0.1) is 12.3 Å². The summed E-state index contributed by atoms with van der Waals surface area (Å²) in [6.07, 6.45) is 3.77. The van der Waals surface area contributed by atoms with Gasteiger partial charge in [-0.2, -0.15) is 0 Å². The SMILES string of the molecule is NC1CCCCC1C(=O)Nc1cccc(CC(=O)O)c1. The Morgan fingerprint density at radius 1 is 1.30 bits per heavy atom. The lowest BCUT2D eigenvalue weighted by atomic mass is 9.84. The zero-order valence-corrected chi connectivity index (χ0v) is 11.3. The first-order valence-electron chi connectivity index (χ1n) is 6.93. The van der Waals surface area contributed by atoms with Crippen molar-refractivity contribution in [3.8, 4) is 0 Å². The van der Waals surface area contributed by atoms with Crippen LogP contribution < -0.4 is 11.1 Å². The van der Waals surface area contributed by atoms with E-state index < -0.39 is 5.97 Å². The second-order valence-corrected chi connectivity index (χ2v) is 5.31. The molecule has 1 fully saturated rings. The number of anilines is 1. The zero-order chi connectivity index (χ0) is 14.5. The largest absolute Gasteiger partial charge is 0.481 e. The number of amides is 1. The van der Waals surface area contributed by atoms with Crippen LogP contribution in [0, 0.1) is 5.92 Å². The molecule has 1 aromatic carbocycles. The molecule has 5 nitrogen and oxygen atoms in total. The molecule has 1 aliphatic rings. The van der Waals surface area contributed by atoms with Crippen molar-refractivity contribution in [2.75, 3.05) is 5.32 Å². The molecule has 1 amide bonds. The minimum atomic E-state index is -0.886. The van der Waals surface area contributed by atoms with E-state index >= 15 is 0 Å². The van der Waals surface area contributed by atoms with Crippen molar-refractivity contribution in [3.63, 3.8) is 0 Å². The first-order valence-corrected chi connectivity index (χ1v) is 6.93. The molecule has 1 aromatic rings. The molecular formula is C15H20N2O3. The highest BCUT2D eigenvalue weighted by molar-refractivity contribution is 5.93. The zero-order valence-electron chi connectivity index (χ0n) is 11.3. The number of hydrogen-bond acceptors (Lipinski definition) is 3. The number of carbonyl (C=O) groups is 2. The van der Waals surface area contributed by atoms with E-state index in [1.807, 2.05) is 0 Å². The van der Waals surface area contributed by atoms with Gasteiger partial charge in [0.25, 0.3) is 0 Å². The summed E-state index contributed by atoms with van der Waals surface area (Å²) in [5.41, 5.74) is 7.29. The van der Waals surface area contributed by atoms with Crippen molar-refractivity contribution >= 4 is 17.6 Å². The van der Waals surface area contributed by atoms with Gasteiger partial charge in [-0.1, -0.05) is 25.0 Å². The predicted molar refractivity (Wildman–Crippen MR) is 76.3 cm³/mol. The number of carboxylic acids is 1. The lowest BCUT2D eigenvalue weighted by Gasteiger charge is -2.27. The van der Waals surface area contributed by atoms with Crippen LogP contribution in [0.15, 0.2) is 24.3 Å². The Balaban J connectivity index is 2.01. The second-order valence-electron chi connectivity index (χ2n) is 5.31. The van der Waals surface area contributed by atoms with Gasteiger partial charge < -0.3 is 16.2 Å². The number of carboxylic acid groups (broad SMARTS) is 1. The van der Waals surface area contributed by atoms with Crippen molar-refractivity contribution in [2.24, 2.45) is 11.7 Å². The van der Waals surface area contributed by atoms with Gasteiger partial charge in [-0.3, -0.25) is 9.59 Å². The van der Waals surface area contributed by atoms with Crippen LogP contribution in [-0.2, 0) is 16.0 Å². The van der Waals surface area contributed by atoms with Gasteiger partial charge in [0.1, 0.15) is 0 Å². The van der Waals surface area contributed by atoms with Gasteiger partial charge in [0.2, 0.25) is 5.91 Å². The smallest absolute Gasteiger partial charge is 0.307 e. The Labute approximate surface area is 118 Å². The van der Waals surface area contributed by atoms with E-state index in [0.29, 0.717) is 11.3 Å². The number of nitrogens with two attached hydrogens (primary N) is 1. The first kappa shape index (κ1) is 14.5. The van der Waals surface area contributed by atoms with Gasteiger partial charge in [-0.25, -0.2) is 0 Å². The number of nitrogens with one attached hydrogen (secondary N) is 1. The van der Waals surface area contributed by atoms with Crippen molar-refractivity contribution in [3.05, 3.63) is 29.8 Å². The molecular weight excluding hydrogens is 256 g/mol. The van der Waals surface area contributed by atoms with Gasteiger partial charge in [-0.15, -0.1) is 0 Å². The van der Waals surface area contributed by atoms with Crippen molar-refractivity contribution in [2.45, 2.75) is 38.1 Å². The molecule has 0 aliphatic heterocycles. The highest BCUT2D eigenvalue weighted by Gasteiger charge is 2.28. The number of rotatable bonds is 4. The molecule has 0 spiro atoms. The summed E-state index contributed by atoms with van der Waals surface area (Å²) >= 11 is 0. The monoisotopic (exact) mass is 276 g/mol. The number of hydrogen-bond donors (Lipinski definition) is 3. The third-order valence-electron chi connectivity index (χ3n) is 3.71. The second kappa shape index (κ2) is 6.52. The van der Waals surface area contributed by atoms with Crippen molar-refractivity contribution in [1.29, 1.82) is 0 Å². The molecule has 1 saturated carbocycles. The van der Waals surface area contributed by atoms with Gasteiger partial charge in [0, 0.05) is 11.7 Å². The standard InChI is InChI=1S/C15H20N2O3/c16-13-7-2-1-6-12(13)15(20)17-11-5-3-4-10(8-11)9-14(18)19/h3-5,8,12-13H,1-2,6-7,9,16H2,(H,17,20)(H,18,19). The summed E-state index contributed by atoms with van der Waals surface area (Å²) in [6.45, 7) is 0. The topological polar surface area (TPSA) is 92.4 Å². The molecule has 0 radical (unpaired) electrons. The lowest BCUT2D eigenvalue weighted by Crippen LogP contribution is -2.40. The summed E-state index contributed by atoms with van der Waals surface area (Å²) in [4.78, 5) is 22.9. The van der Waals surface area contributed by atoms with E-state index in [9.17, 15) is 9.59 Å². The van der Waals surface area contributed by atoms with Crippen LogP contribution in [0.4, 0.5) is 5.69 Å². The molecule has 108 valence electrons. The predicted octanol–water partition coefficient (Wildman–Crippen LogP) is 1.77. The molecule has 0 saturated heterocycles. The molecule has 0 bridgehead atoms. The lowest BCUT2D eigenvalue weighted by molar-refractivity contribution is -0.136. The Kier molecular flexibility index (Phi) is 4.74. The van der Waals surface area contributed by atoms with E-state index in [2.05, 4.69) is 5.32 Å². The Morgan fingerprint density at radius 2 is 2.05 bits per heavy atom. The van der Waals surface area contributed by atoms with Crippen molar-refractivity contribution < 1.29 is 14.7 Å². The van der Waals surface area contributed by atoms with Gasteiger partial charge in [0.15, 0.2) is 0 Å². The summed E-state index contributed by atoms with van der Waals surface area (Å²) in [5, 5.41) is 11.6. The molecule has 2 unspecified atom stereocenters. The maximum absolute atomic E-state index is 12.2. The number of carbonyl (C=O) groups excluding carboxylic acids is 1. The van der Waals surface area contributed by atoms with Gasteiger partial charge in [-0.05, 0) is 30.5 Å². The average molecular weight is 276 g/mol. The molecule has 5 heteroatoms. The third kappa shape index (κ3) is 3.81. The molecule has 2 atom stereocenters. The van der Waals surface area contributed by atoms with Crippen LogP contribution in [0.3, 0.4) is 0 Å². The summed E-state index contributed by atoms with van der Waals surface area (Å²) in [7, 11) is 0. The number of benzene rings is 1. The number of aliphatic carboxylic acids is 1. The van der Waals surface area contributed by atoms with E-state index in [1.165, 1.54) is 0 Å². The van der Waals surface area contributed by atoms with E-state index in [-0.39, 0.29) is 24.3 Å². The molecule has 2 rings (SSSR count). The molecule has 4 N–H and O–H groups in total. The minimum Gasteiger partial charge on any atom is -0.481 e. The highest BCUT2D eigenvalue weighted by Crippen LogP contribution is 2.24. The maximum Gasteiger partial charge on any atom is 0.307 e. The van der Waals surface area contributed by atoms with Crippen LogP contribution >= 0.6 is 0 Å². The summed E-state index contributed by atoms with van der Waals surface area (Å²) in [6, 6.07) is 6.86. The van der Waals surface area contributed by atoms with E-state index in [4.69, 9.17) is 10.8 Å². The van der Waals surface area contributed by atoms with E-state index in [0.717, 1.165) is 25.7 Å². The van der Waals surface area contributed by atoms with Crippen LogP contribution in [-0.4, -0.2) is 23.0 Å². The highest BCUT2D eigenvalue weighted by atomic mass is 16.4. The quantitative estimate of drug-likeness (QED) is 0.781. The first-order chi connectivity index (χ1) is 9.56. The normalized spacial score (nSPS) is 22.2. The molecule has 20 heavy (non-hydrogen) atoms. The van der Waals surface area contributed by atoms with Gasteiger partial charge >= 0.3 is 5.97 Å². The molecule has 1 aliphatic carbocycles. The Morgan fingerprint density at radius 3 is 2.75 bits per heavy atom. The van der Waals surface area contributed by atoms with Crippen LogP contribution in [0.2, 0.25) is 0 Å². The summed E-state index contributed by atoms with van der Waals surface area (Å²) in [5.74, 6) is -1.10. The third-order valence-corrected chi connectivity index (χ3v) is 3.71. The summed E-state index contributed by atoms with van der Waals surface area (Å²) < 4.78 is 0. The fourth-order valence-electron chi connectivity index (χ4n) is 2.65. The fourth-order valence-corrected chi connectivity index (χ4v) is 2.65. The fraction of sp³-hybridized carbons (Fsp3) is 0.467.